The number of aromatic nitrogens is 2. The zero-order chi connectivity index (χ0) is 20.6. The molecule has 146 valence electrons. The van der Waals surface area contributed by atoms with Gasteiger partial charge in [0, 0.05) is 30.2 Å². The Hall–Kier alpha value is -3.92. The first-order valence-electron chi connectivity index (χ1n) is 9.38. The van der Waals surface area contributed by atoms with E-state index in [1.807, 2.05) is 18.2 Å². The smallest absolute Gasteiger partial charge is 0.275 e. The Morgan fingerprint density at radius 2 is 1.79 bits per heavy atom. The molecule has 29 heavy (non-hydrogen) atoms. The van der Waals surface area contributed by atoms with Crippen molar-refractivity contribution in [1.29, 1.82) is 5.26 Å². The van der Waals surface area contributed by atoms with Gasteiger partial charge in [0.1, 0.15) is 11.5 Å². The molecule has 2 aromatic carbocycles. The largest absolute Gasteiger partial charge is 0.372 e. The molecule has 0 saturated carbocycles. The first-order chi connectivity index (χ1) is 14.1. The van der Waals surface area contributed by atoms with Crippen molar-refractivity contribution < 1.29 is 4.79 Å². The van der Waals surface area contributed by atoms with E-state index in [9.17, 15) is 4.79 Å². The van der Waals surface area contributed by atoms with Crippen molar-refractivity contribution in [1.82, 2.24) is 9.97 Å². The van der Waals surface area contributed by atoms with Gasteiger partial charge in [-0.25, -0.2) is 9.97 Å². The number of hydrogen-bond acceptors (Lipinski definition) is 6. The molecule has 7 heteroatoms. The fraction of sp³-hybridized carbons (Fsp3) is 0.182. The van der Waals surface area contributed by atoms with E-state index in [4.69, 9.17) is 5.26 Å². The second-order valence-corrected chi connectivity index (χ2v) is 6.28. The highest BCUT2D eigenvalue weighted by Gasteiger charge is 2.09. The van der Waals surface area contributed by atoms with Gasteiger partial charge >= 0.3 is 0 Å². The van der Waals surface area contributed by atoms with Gasteiger partial charge in [-0.1, -0.05) is 6.07 Å². The molecule has 0 fully saturated rings. The third-order valence-electron chi connectivity index (χ3n) is 4.40. The molecule has 3 rings (SSSR count). The molecule has 3 aromatic rings. The number of nitrogens with one attached hydrogen (secondary N) is 2. The third-order valence-corrected chi connectivity index (χ3v) is 4.40. The minimum Gasteiger partial charge on any atom is -0.372 e. The summed E-state index contributed by atoms with van der Waals surface area (Å²) < 4.78 is 0. The van der Waals surface area contributed by atoms with Crippen LogP contribution in [0.2, 0.25) is 0 Å². The molecule has 7 nitrogen and oxygen atoms in total. The summed E-state index contributed by atoms with van der Waals surface area (Å²) in [5, 5.41) is 14.8. The number of carbonyl (C=O) groups excluding carboxylic acids is 1. The molecule has 1 amide bonds. The van der Waals surface area contributed by atoms with Crippen molar-refractivity contribution in [2.75, 3.05) is 28.6 Å². The highest BCUT2D eigenvalue weighted by atomic mass is 16.1. The summed E-state index contributed by atoms with van der Waals surface area (Å²) in [5.41, 5.74) is 3.25. The van der Waals surface area contributed by atoms with E-state index in [1.54, 1.807) is 24.3 Å². The highest BCUT2D eigenvalue weighted by molar-refractivity contribution is 6.02. The van der Waals surface area contributed by atoms with Gasteiger partial charge in [0.05, 0.1) is 24.0 Å². The van der Waals surface area contributed by atoms with Gasteiger partial charge in [0.25, 0.3) is 5.91 Å². The van der Waals surface area contributed by atoms with Crippen LogP contribution >= 0.6 is 0 Å². The molecule has 0 spiro atoms. The molecule has 0 aliphatic rings. The average Bonchev–Trinajstić information content (AvgIpc) is 2.76. The van der Waals surface area contributed by atoms with E-state index in [2.05, 4.69) is 51.5 Å². The van der Waals surface area contributed by atoms with Crippen molar-refractivity contribution in [3.63, 3.8) is 0 Å². The van der Waals surface area contributed by atoms with Gasteiger partial charge in [0.2, 0.25) is 0 Å². The fourth-order valence-electron chi connectivity index (χ4n) is 2.86. The number of rotatable bonds is 7. The van der Waals surface area contributed by atoms with Crippen LogP contribution < -0.4 is 15.5 Å². The summed E-state index contributed by atoms with van der Waals surface area (Å²) in [6, 6.07) is 16.8. The van der Waals surface area contributed by atoms with E-state index < -0.39 is 0 Å². The Balaban J connectivity index is 1.64. The molecule has 0 radical (unpaired) electrons. The summed E-state index contributed by atoms with van der Waals surface area (Å²) in [4.78, 5) is 23.0. The normalized spacial score (nSPS) is 10.1. The summed E-state index contributed by atoms with van der Waals surface area (Å²) >= 11 is 0. The van der Waals surface area contributed by atoms with Crippen LogP contribution in [0.1, 0.15) is 29.9 Å². The maximum atomic E-state index is 12.3. The Kier molecular flexibility index (Phi) is 6.38. The Morgan fingerprint density at radius 1 is 1.03 bits per heavy atom. The van der Waals surface area contributed by atoms with E-state index in [-0.39, 0.29) is 11.6 Å². The fourth-order valence-corrected chi connectivity index (χ4v) is 2.86. The average molecular weight is 386 g/mol. The first kappa shape index (κ1) is 19.8. The lowest BCUT2D eigenvalue weighted by molar-refractivity contribution is 0.102. The SMILES string of the molecule is CCN(CC)c1ccc(Nc2cnc(C(=O)Nc3cccc(C#N)c3)cn2)cc1. The van der Waals surface area contributed by atoms with E-state index in [0.717, 1.165) is 18.8 Å². The van der Waals surface area contributed by atoms with Gasteiger partial charge in [-0.2, -0.15) is 5.26 Å². The van der Waals surface area contributed by atoms with Crippen molar-refractivity contribution in [2.24, 2.45) is 0 Å². The van der Waals surface area contributed by atoms with Crippen molar-refractivity contribution in [2.45, 2.75) is 13.8 Å². The predicted octanol–water partition coefficient (Wildman–Crippen LogP) is 4.19. The summed E-state index contributed by atoms with van der Waals surface area (Å²) in [6.45, 7) is 6.17. The molecule has 0 atom stereocenters. The highest BCUT2D eigenvalue weighted by Crippen LogP contribution is 2.20. The van der Waals surface area contributed by atoms with E-state index in [1.165, 1.54) is 18.1 Å². The van der Waals surface area contributed by atoms with Crippen LogP contribution in [0.5, 0.6) is 0 Å². The molecule has 0 unspecified atom stereocenters. The number of nitrogens with zero attached hydrogens (tertiary/aromatic N) is 4. The van der Waals surface area contributed by atoms with Crippen LogP contribution in [0.25, 0.3) is 0 Å². The summed E-state index contributed by atoms with van der Waals surface area (Å²) in [5.74, 6) is 0.159. The van der Waals surface area contributed by atoms with Gasteiger partial charge in [-0.05, 0) is 56.3 Å². The number of carbonyl (C=O) groups is 1. The van der Waals surface area contributed by atoms with Crippen molar-refractivity contribution in [3.05, 3.63) is 72.2 Å². The molecule has 0 bridgehead atoms. The molecular formula is C22H22N6O. The molecule has 1 heterocycles. The molecule has 0 saturated heterocycles. The number of amides is 1. The van der Waals surface area contributed by atoms with Crippen molar-refractivity contribution >= 4 is 28.8 Å². The predicted molar refractivity (Wildman–Crippen MR) is 114 cm³/mol. The van der Waals surface area contributed by atoms with Crippen LogP contribution in [0, 0.1) is 11.3 Å². The van der Waals surface area contributed by atoms with E-state index in [0.29, 0.717) is 17.1 Å². The summed E-state index contributed by atoms with van der Waals surface area (Å²) in [6.07, 6.45) is 2.93. The third kappa shape index (κ3) is 5.08. The zero-order valence-corrected chi connectivity index (χ0v) is 16.4. The van der Waals surface area contributed by atoms with Crippen LogP contribution in [0.15, 0.2) is 60.9 Å². The number of benzene rings is 2. The Bertz CT molecular complexity index is 1000. The molecule has 2 N–H and O–H groups in total. The summed E-state index contributed by atoms with van der Waals surface area (Å²) in [7, 11) is 0. The maximum absolute atomic E-state index is 12.3. The molecular weight excluding hydrogens is 364 g/mol. The molecule has 0 aliphatic carbocycles. The zero-order valence-electron chi connectivity index (χ0n) is 16.4. The van der Waals surface area contributed by atoms with Crippen LogP contribution in [0.4, 0.5) is 22.9 Å². The molecule has 0 aliphatic heterocycles. The van der Waals surface area contributed by atoms with Crippen LogP contribution in [-0.2, 0) is 0 Å². The van der Waals surface area contributed by atoms with Gasteiger partial charge in [-0.15, -0.1) is 0 Å². The van der Waals surface area contributed by atoms with Crippen molar-refractivity contribution in [3.8, 4) is 6.07 Å². The standard InChI is InChI=1S/C22H22N6O/c1-3-28(4-2)19-10-8-17(9-11-19)26-21-15-24-20(14-25-21)22(29)27-18-7-5-6-16(12-18)13-23/h5-12,14-15H,3-4H2,1-2H3,(H,25,26)(H,27,29). The monoisotopic (exact) mass is 386 g/mol. The lowest BCUT2D eigenvalue weighted by Crippen LogP contribution is -2.21. The lowest BCUT2D eigenvalue weighted by Gasteiger charge is -2.21. The number of nitriles is 1. The minimum atomic E-state index is -0.386. The number of hydrogen-bond donors (Lipinski definition) is 2. The van der Waals surface area contributed by atoms with Gasteiger partial charge in [-0.3, -0.25) is 4.79 Å². The number of anilines is 4. The maximum Gasteiger partial charge on any atom is 0.275 e. The van der Waals surface area contributed by atoms with E-state index >= 15 is 0 Å². The lowest BCUT2D eigenvalue weighted by atomic mass is 10.2. The minimum absolute atomic E-state index is 0.190. The van der Waals surface area contributed by atoms with Gasteiger partial charge < -0.3 is 15.5 Å². The second kappa shape index (κ2) is 9.33. The quantitative estimate of drug-likeness (QED) is 0.632. The first-order valence-corrected chi connectivity index (χ1v) is 9.38. The second-order valence-electron chi connectivity index (χ2n) is 6.28. The van der Waals surface area contributed by atoms with Crippen LogP contribution in [-0.4, -0.2) is 29.0 Å². The topological polar surface area (TPSA) is 93.9 Å². The molecule has 1 aromatic heterocycles. The Labute approximate surface area is 170 Å². The van der Waals surface area contributed by atoms with Gasteiger partial charge in [0.15, 0.2) is 0 Å². The van der Waals surface area contributed by atoms with Crippen LogP contribution in [0.3, 0.4) is 0 Å². The Morgan fingerprint density at radius 3 is 2.41 bits per heavy atom.